The summed E-state index contributed by atoms with van der Waals surface area (Å²) in [6.07, 6.45) is 1.95. The smallest absolute Gasteiger partial charge is 0.311 e. The molecule has 0 aliphatic carbocycles. The Morgan fingerprint density at radius 1 is 1.19 bits per heavy atom. The van der Waals surface area contributed by atoms with E-state index in [1.807, 2.05) is 27.7 Å². The van der Waals surface area contributed by atoms with E-state index in [1.165, 1.54) is 0 Å². The SMILES string of the molecule is CCC(=O)O.CCCOC(=O)C(C)(C)CC. The molecular weight excluding hydrogens is 208 g/mol. The Hall–Kier alpha value is -1.06. The maximum absolute atomic E-state index is 11.2. The van der Waals surface area contributed by atoms with Crippen LogP contribution in [-0.4, -0.2) is 23.7 Å². The van der Waals surface area contributed by atoms with Gasteiger partial charge in [0.25, 0.3) is 0 Å². The van der Waals surface area contributed by atoms with Gasteiger partial charge < -0.3 is 9.84 Å². The van der Waals surface area contributed by atoms with Gasteiger partial charge in [-0.05, 0) is 26.7 Å². The fourth-order valence-corrected chi connectivity index (χ4v) is 0.534. The predicted octanol–water partition coefficient (Wildman–Crippen LogP) is 2.86. The van der Waals surface area contributed by atoms with Crippen molar-refractivity contribution < 1.29 is 19.4 Å². The second kappa shape index (κ2) is 9.19. The summed E-state index contributed by atoms with van der Waals surface area (Å²) in [5, 5.41) is 7.72. The van der Waals surface area contributed by atoms with E-state index in [9.17, 15) is 9.59 Å². The van der Waals surface area contributed by atoms with Crippen molar-refractivity contribution in [1.82, 2.24) is 0 Å². The molecule has 0 atom stereocenters. The van der Waals surface area contributed by atoms with E-state index in [0.29, 0.717) is 6.61 Å². The van der Waals surface area contributed by atoms with E-state index in [-0.39, 0.29) is 17.8 Å². The first-order valence-electron chi connectivity index (χ1n) is 5.70. The predicted molar refractivity (Wildman–Crippen MR) is 63.2 cm³/mol. The summed E-state index contributed by atoms with van der Waals surface area (Å²) in [5.74, 6) is -0.827. The van der Waals surface area contributed by atoms with Gasteiger partial charge in [0.15, 0.2) is 0 Å². The number of hydrogen-bond acceptors (Lipinski definition) is 3. The molecule has 0 aromatic carbocycles. The van der Waals surface area contributed by atoms with E-state index < -0.39 is 5.97 Å². The molecular formula is C12H24O4. The second-order valence-electron chi connectivity index (χ2n) is 4.12. The Morgan fingerprint density at radius 3 is 1.88 bits per heavy atom. The van der Waals surface area contributed by atoms with Crippen molar-refractivity contribution in [3.05, 3.63) is 0 Å². The molecule has 4 nitrogen and oxygen atoms in total. The standard InChI is InChI=1S/C9H18O2.C3H6O2/c1-5-7-11-8(10)9(3,4)6-2;1-2-3(4)5/h5-7H2,1-4H3;2H2,1H3,(H,4,5). The van der Waals surface area contributed by atoms with Gasteiger partial charge in [0, 0.05) is 6.42 Å². The number of rotatable bonds is 5. The highest BCUT2D eigenvalue weighted by Gasteiger charge is 2.26. The molecule has 0 spiro atoms. The van der Waals surface area contributed by atoms with Gasteiger partial charge in [-0.25, -0.2) is 0 Å². The van der Waals surface area contributed by atoms with Crippen LogP contribution < -0.4 is 0 Å². The first-order chi connectivity index (χ1) is 7.31. The van der Waals surface area contributed by atoms with Crippen molar-refractivity contribution in [3.8, 4) is 0 Å². The van der Waals surface area contributed by atoms with Crippen molar-refractivity contribution in [2.24, 2.45) is 5.41 Å². The molecule has 0 heterocycles. The highest BCUT2D eigenvalue weighted by atomic mass is 16.5. The lowest BCUT2D eigenvalue weighted by atomic mass is 9.91. The number of carbonyl (C=O) groups excluding carboxylic acids is 1. The third kappa shape index (κ3) is 9.49. The van der Waals surface area contributed by atoms with Gasteiger partial charge in [0.2, 0.25) is 0 Å². The maximum Gasteiger partial charge on any atom is 0.311 e. The van der Waals surface area contributed by atoms with Crippen LogP contribution in [-0.2, 0) is 14.3 Å². The summed E-state index contributed by atoms with van der Waals surface area (Å²) in [4.78, 5) is 20.6. The zero-order valence-corrected chi connectivity index (χ0v) is 11.0. The lowest BCUT2D eigenvalue weighted by Gasteiger charge is -2.19. The Morgan fingerprint density at radius 2 is 1.62 bits per heavy atom. The summed E-state index contributed by atoms with van der Waals surface area (Å²) < 4.78 is 5.01. The average Bonchev–Trinajstić information content (AvgIpc) is 2.26. The Balaban J connectivity index is 0. The molecule has 0 amide bonds. The number of carboxylic acid groups (broad SMARTS) is 1. The van der Waals surface area contributed by atoms with Crippen LogP contribution in [0.2, 0.25) is 0 Å². The quantitative estimate of drug-likeness (QED) is 0.740. The molecule has 0 bridgehead atoms. The Labute approximate surface area is 98.0 Å². The minimum atomic E-state index is -0.745. The van der Waals surface area contributed by atoms with Gasteiger partial charge in [-0.3, -0.25) is 9.59 Å². The summed E-state index contributed by atoms with van der Waals surface area (Å²) in [6, 6.07) is 0. The van der Waals surface area contributed by atoms with Crippen LogP contribution in [0, 0.1) is 5.41 Å². The van der Waals surface area contributed by atoms with Crippen molar-refractivity contribution >= 4 is 11.9 Å². The highest BCUT2D eigenvalue weighted by Crippen LogP contribution is 2.21. The van der Waals surface area contributed by atoms with Crippen LogP contribution in [0.4, 0.5) is 0 Å². The summed E-state index contributed by atoms with van der Waals surface area (Å²) in [7, 11) is 0. The van der Waals surface area contributed by atoms with E-state index >= 15 is 0 Å². The Bertz CT molecular complexity index is 209. The number of aliphatic carboxylic acids is 1. The van der Waals surface area contributed by atoms with Gasteiger partial charge in [-0.2, -0.15) is 0 Å². The molecule has 0 fully saturated rings. The van der Waals surface area contributed by atoms with Crippen molar-refractivity contribution in [2.75, 3.05) is 6.61 Å². The van der Waals surface area contributed by atoms with Crippen LogP contribution in [0.5, 0.6) is 0 Å². The van der Waals surface area contributed by atoms with Crippen LogP contribution >= 0.6 is 0 Å². The molecule has 0 unspecified atom stereocenters. The number of carboxylic acids is 1. The normalized spacial score (nSPS) is 10.1. The maximum atomic E-state index is 11.2. The first-order valence-corrected chi connectivity index (χ1v) is 5.70. The largest absolute Gasteiger partial charge is 0.481 e. The van der Waals surface area contributed by atoms with E-state index in [2.05, 4.69) is 0 Å². The van der Waals surface area contributed by atoms with Crippen LogP contribution in [0.1, 0.15) is 53.9 Å². The van der Waals surface area contributed by atoms with Gasteiger partial charge in [0.05, 0.1) is 12.0 Å². The summed E-state index contributed by atoms with van der Waals surface area (Å²) in [5.41, 5.74) is -0.310. The van der Waals surface area contributed by atoms with Crippen LogP contribution in [0.3, 0.4) is 0 Å². The molecule has 0 radical (unpaired) electrons. The van der Waals surface area contributed by atoms with Gasteiger partial charge in [0.1, 0.15) is 0 Å². The number of esters is 1. The molecule has 4 heteroatoms. The fourth-order valence-electron chi connectivity index (χ4n) is 0.534. The van der Waals surface area contributed by atoms with Crippen molar-refractivity contribution in [1.29, 1.82) is 0 Å². The second-order valence-corrected chi connectivity index (χ2v) is 4.12. The highest BCUT2D eigenvalue weighted by molar-refractivity contribution is 5.75. The first kappa shape index (κ1) is 17.3. The molecule has 0 rings (SSSR count). The van der Waals surface area contributed by atoms with Gasteiger partial charge >= 0.3 is 11.9 Å². The lowest BCUT2D eigenvalue weighted by Crippen LogP contribution is -2.25. The monoisotopic (exact) mass is 232 g/mol. The van der Waals surface area contributed by atoms with Gasteiger partial charge in [-0.15, -0.1) is 0 Å². The van der Waals surface area contributed by atoms with Crippen molar-refractivity contribution in [2.45, 2.75) is 53.9 Å². The topological polar surface area (TPSA) is 63.6 Å². The average molecular weight is 232 g/mol. The molecule has 0 saturated carbocycles. The molecule has 0 aliphatic heterocycles. The molecule has 96 valence electrons. The molecule has 0 aromatic heterocycles. The van der Waals surface area contributed by atoms with E-state index in [1.54, 1.807) is 6.92 Å². The molecule has 0 aliphatic rings. The number of carbonyl (C=O) groups is 2. The molecule has 16 heavy (non-hydrogen) atoms. The van der Waals surface area contributed by atoms with E-state index in [0.717, 1.165) is 12.8 Å². The zero-order valence-electron chi connectivity index (χ0n) is 11.0. The van der Waals surface area contributed by atoms with Crippen LogP contribution in [0.15, 0.2) is 0 Å². The third-order valence-electron chi connectivity index (χ3n) is 2.18. The molecule has 0 saturated heterocycles. The minimum absolute atomic E-state index is 0.0816. The molecule has 0 aromatic rings. The fraction of sp³-hybridized carbons (Fsp3) is 0.833. The summed E-state index contributed by atoms with van der Waals surface area (Å²) in [6.45, 7) is 9.94. The number of ether oxygens (including phenoxy) is 1. The molecule has 1 N–H and O–H groups in total. The summed E-state index contributed by atoms with van der Waals surface area (Å²) >= 11 is 0. The third-order valence-corrected chi connectivity index (χ3v) is 2.18. The van der Waals surface area contributed by atoms with Crippen LogP contribution in [0.25, 0.3) is 0 Å². The van der Waals surface area contributed by atoms with Gasteiger partial charge in [-0.1, -0.05) is 20.8 Å². The lowest BCUT2D eigenvalue weighted by molar-refractivity contribution is -0.154. The van der Waals surface area contributed by atoms with E-state index in [4.69, 9.17) is 9.84 Å². The zero-order chi connectivity index (χ0) is 13.2. The number of hydrogen-bond donors (Lipinski definition) is 1. The Kier molecular flexibility index (Phi) is 9.96. The van der Waals surface area contributed by atoms with Crippen molar-refractivity contribution in [3.63, 3.8) is 0 Å². The minimum Gasteiger partial charge on any atom is -0.481 e.